The molecule has 37 heavy (non-hydrogen) atoms. The van der Waals surface area contributed by atoms with Gasteiger partial charge in [-0.15, -0.1) is 0 Å². The zero-order chi connectivity index (χ0) is 27.3. The van der Waals surface area contributed by atoms with Gasteiger partial charge in [0, 0.05) is 11.8 Å². The van der Waals surface area contributed by atoms with Crippen LogP contribution in [0.2, 0.25) is 0 Å². The molecule has 10 nitrogen and oxygen atoms in total. The first-order valence-corrected chi connectivity index (χ1v) is 12.5. The molecule has 5 atom stereocenters. The SMILES string of the molecule is CCCOC(=O)C1=C(O)C(C(=O)OCC)C2c3ccccc3C1C(C(=O)OCC)C(=O)C2C(=O)OCC. The Labute approximate surface area is 214 Å². The molecule has 1 aromatic carbocycles. The second-order valence-electron chi connectivity index (χ2n) is 8.66. The van der Waals surface area contributed by atoms with E-state index in [1.54, 1.807) is 52.0 Å². The lowest BCUT2D eigenvalue weighted by Crippen LogP contribution is -2.46. The monoisotopic (exact) mass is 516 g/mol. The van der Waals surface area contributed by atoms with Crippen LogP contribution in [-0.4, -0.2) is 61.2 Å². The Bertz CT molecular complexity index is 1100. The first kappa shape index (κ1) is 27.9. The molecule has 0 saturated heterocycles. The van der Waals surface area contributed by atoms with Crippen molar-refractivity contribution in [2.24, 2.45) is 17.8 Å². The molecule has 0 aliphatic heterocycles. The van der Waals surface area contributed by atoms with E-state index in [1.165, 1.54) is 0 Å². The number of carbonyl (C=O) groups is 5. The number of Topliss-reactive ketones (excluding diaryl/α,β-unsaturated/α-hetero) is 1. The Morgan fingerprint density at radius 2 is 1.27 bits per heavy atom. The Morgan fingerprint density at radius 1 is 0.757 bits per heavy atom. The molecule has 0 spiro atoms. The lowest BCUT2D eigenvalue weighted by atomic mass is 9.70. The Morgan fingerprint density at radius 3 is 1.81 bits per heavy atom. The molecule has 0 radical (unpaired) electrons. The molecule has 0 aromatic heterocycles. The van der Waals surface area contributed by atoms with Gasteiger partial charge in [0.2, 0.25) is 0 Å². The number of benzene rings is 1. The number of ether oxygens (including phenoxy) is 4. The second-order valence-corrected chi connectivity index (χ2v) is 8.66. The fourth-order valence-electron chi connectivity index (χ4n) is 5.16. The number of hydrogen-bond donors (Lipinski definition) is 1. The van der Waals surface area contributed by atoms with Gasteiger partial charge >= 0.3 is 23.9 Å². The van der Waals surface area contributed by atoms with E-state index in [2.05, 4.69) is 0 Å². The van der Waals surface area contributed by atoms with Crippen molar-refractivity contribution in [1.29, 1.82) is 0 Å². The Balaban J connectivity index is 2.45. The van der Waals surface area contributed by atoms with Gasteiger partial charge < -0.3 is 24.1 Å². The van der Waals surface area contributed by atoms with Crippen LogP contribution in [0.4, 0.5) is 0 Å². The Hall–Kier alpha value is -3.69. The fraction of sp³-hybridized carbons (Fsp3) is 0.519. The summed E-state index contributed by atoms with van der Waals surface area (Å²) in [6, 6.07) is 6.46. The van der Waals surface area contributed by atoms with Crippen LogP contribution in [0.5, 0.6) is 0 Å². The summed E-state index contributed by atoms with van der Waals surface area (Å²) in [6.07, 6.45) is 0.468. The van der Waals surface area contributed by atoms with Gasteiger partial charge in [0.1, 0.15) is 23.5 Å². The summed E-state index contributed by atoms with van der Waals surface area (Å²) in [6.45, 7) is 6.26. The van der Waals surface area contributed by atoms with Crippen LogP contribution in [0.3, 0.4) is 0 Å². The van der Waals surface area contributed by atoms with Crippen molar-refractivity contribution < 1.29 is 48.0 Å². The zero-order valence-electron chi connectivity index (χ0n) is 21.4. The smallest absolute Gasteiger partial charge is 0.338 e. The molecule has 2 aliphatic carbocycles. The van der Waals surface area contributed by atoms with E-state index in [0.29, 0.717) is 17.5 Å². The number of carbonyl (C=O) groups excluding carboxylic acids is 5. The predicted molar refractivity (Wildman–Crippen MR) is 128 cm³/mol. The van der Waals surface area contributed by atoms with E-state index in [-0.39, 0.29) is 26.4 Å². The maximum atomic E-state index is 14.1. The molecule has 2 bridgehead atoms. The first-order valence-electron chi connectivity index (χ1n) is 12.5. The number of esters is 4. The van der Waals surface area contributed by atoms with Crippen molar-refractivity contribution in [3.8, 4) is 0 Å². The molecule has 2 aliphatic rings. The third-order valence-corrected chi connectivity index (χ3v) is 6.52. The van der Waals surface area contributed by atoms with E-state index >= 15 is 0 Å². The van der Waals surface area contributed by atoms with Crippen LogP contribution >= 0.6 is 0 Å². The Kier molecular flexibility index (Phi) is 9.07. The van der Waals surface area contributed by atoms with E-state index in [0.717, 1.165) is 0 Å². The summed E-state index contributed by atoms with van der Waals surface area (Å²) in [5.74, 6) is -13.0. The standard InChI is InChI=1S/C27H32O10/c1-5-13-37-27(33)21-17-15-12-10-9-11-14(15)16(19(23(21)29)25(31)35-7-3)18(24(30)34-6-2)22(28)20(17)26(32)36-8-4/h9-12,16-20,29H,5-8,13H2,1-4H3. The molecular formula is C27H32O10. The fourth-order valence-corrected chi connectivity index (χ4v) is 5.16. The topological polar surface area (TPSA) is 142 Å². The maximum absolute atomic E-state index is 14.1. The third-order valence-electron chi connectivity index (χ3n) is 6.52. The van der Waals surface area contributed by atoms with Crippen molar-refractivity contribution in [3.63, 3.8) is 0 Å². The van der Waals surface area contributed by atoms with Gasteiger partial charge in [-0.05, 0) is 38.3 Å². The van der Waals surface area contributed by atoms with Crippen molar-refractivity contribution in [3.05, 3.63) is 46.7 Å². The largest absolute Gasteiger partial charge is 0.511 e. The lowest BCUT2D eigenvalue weighted by molar-refractivity contribution is -0.160. The summed E-state index contributed by atoms with van der Waals surface area (Å²) in [5, 5.41) is 11.6. The molecular weight excluding hydrogens is 484 g/mol. The van der Waals surface area contributed by atoms with E-state index in [1.807, 2.05) is 0 Å². The zero-order valence-corrected chi connectivity index (χ0v) is 21.4. The predicted octanol–water partition coefficient (Wildman–Crippen LogP) is 2.75. The van der Waals surface area contributed by atoms with Crippen molar-refractivity contribution in [2.75, 3.05) is 26.4 Å². The second kappa shape index (κ2) is 12.0. The molecule has 1 aromatic rings. The van der Waals surface area contributed by atoms with Crippen LogP contribution < -0.4 is 0 Å². The lowest BCUT2D eigenvalue weighted by Gasteiger charge is -2.33. The van der Waals surface area contributed by atoms with Gasteiger partial charge in [-0.25, -0.2) is 4.79 Å². The van der Waals surface area contributed by atoms with Crippen LogP contribution in [0.1, 0.15) is 57.1 Å². The van der Waals surface area contributed by atoms with Gasteiger partial charge in [-0.3, -0.25) is 19.2 Å². The average molecular weight is 517 g/mol. The molecule has 0 heterocycles. The summed E-state index contributed by atoms with van der Waals surface area (Å²) < 4.78 is 20.9. The number of rotatable bonds is 9. The summed E-state index contributed by atoms with van der Waals surface area (Å²) >= 11 is 0. The highest BCUT2D eigenvalue weighted by Gasteiger charge is 2.59. The van der Waals surface area contributed by atoms with E-state index in [4.69, 9.17) is 18.9 Å². The minimum Gasteiger partial charge on any atom is -0.511 e. The van der Waals surface area contributed by atoms with Crippen LogP contribution in [0, 0.1) is 17.8 Å². The van der Waals surface area contributed by atoms with Crippen molar-refractivity contribution in [2.45, 2.75) is 46.0 Å². The summed E-state index contributed by atoms with van der Waals surface area (Å²) in [7, 11) is 0. The number of ketones is 1. The molecule has 0 amide bonds. The molecule has 10 heteroatoms. The number of hydrogen-bond acceptors (Lipinski definition) is 10. The highest BCUT2D eigenvalue weighted by atomic mass is 16.5. The molecule has 0 fully saturated rings. The van der Waals surface area contributed by atoms with E-state index < -0.39 is 70.6 Å². The van der Waals surface area contributed by atoms with Gasteiger partial charge in [0.05, 0.1) is 32.0 Å². The number of aliphatic hydroxyl groups is 1. The molecule has 3 rings (SSSR count). The summed E-state index contributed by atoms with van der Waals surface area (Å²) in [4.78, 5) is 67.2. The number of aliphatic hydroxyl groups excluding tert-OH is 1. The van der Waals surface area contributed by atoms with Gasteiger partial charge in [-0.2, -0.15) is 0 Å². The minimum absolute atomic E-state index is 0.000945. The quantitative estimate of drug-likeness (QED) is 0.296. The van der Waals surface area contributed by atoms with Crippen molar-refractivity contribution >= 4 is 29.7 Å². The average Bonchev–Trinajstić information content (AvgIpc) is 3.03. The van der Waals surface area contributed by atoms with Gasteiger partial charge in [0.25, 0.3) is 0 Å². The highest BCUT2D eigenvalue weighted by molar-refractivity contribution is 6.12. The molecule has 0 saturated carbocycles. The normalized spacial score (nSPS) is 24.4. The third kappa shape index (κ3) is 5.10. The summed E-state index contributed by atoms with van der Waals surface area (Å²) in [5.41, 5.74) is 0.260. The highest BCUT2D eigenvalue weighted by Crippen LogP contribution is 2.54. The van der Waals surface area contributed by atoms with Gasteiger partial charge in [-0.1, -0.05) is 31.2 Å². The van der Waals surface area contributed by atoms with E-state index in [9.17, 15) is 29.1 Å². The van der Waals surface area contributed by atoms with Gasteiger partial charge in [0.15, 0.2) is 5.78 Å². The first-order chi connectivity index (χ1) is 17.7. The minimum atomic E-state index is -1.67. The van der Waals surface area contributed by atoms with Crippen molar-refractivity contribution in [1.82, 2.24) is 0 Å². The molecule has 5 unspecified atom stereocenters. The molecule has 200 valence electrons. The van der Waals surface area contributed by atoms with Crippen LogP contribution in [0.15, 0.2) is 35.6 Å². The van der Waals surface area contributed by atoms with Crippen LogP contribution in [0.25, 0.3) is 0 Å². The molecule has 1 N–H and O–H groups in total. The maximum Gasteiger partial charge on any atom is 0.338 e. The van der Waals surface area contributed by atoms with Crippen LogP contribution in [-0.2, 0) is 42.9 Å².